The maximum atomic E-state index is 6.13. The maximum absolute atomic E-state index is 6.13. The summed E-state index contributed by atoms with van der Waals surface area (Å²) in [5.74, 6) is 1.90. The summed E-state index contributed by atoms with van der Waals surface area (Å²) >= 11 is 0. The summed E-state index contributed by atoms with van der Waals surface area (Å²) in [6, 6.07) is 16.5. The van der Waals surface area contributed by atoms with Crippen molar-refractivity contribution in [2.45, 2.75) is 39.5 Å². The van der Waals surface area contributed by atoms with Crippen molar-refractivity contribution < 1.29 is 9.15 Å². The first-order valence-electron chi connectivity index (χ1n) is 8.18. The molecule has 1 atom stereocenters. The van der Waals surface area contributed by atoms with Crippen LogP contribution in [0.1, 0.15) is 31.6 Å². The number of benzene rings is 2. The Labute approximate surface area is 137 Å². The highest BCUT2D eigenvalue weighted by Gasteiger charge is 2.11. The molecule has 23 heavy (non-hydrogen) atoms. The van der Waals surface area contributed by atoms with Gasteiger partial charge in [-0.1, -0.05) is 37.3 Å². The molecule has 2 aromatic carbocycles. The molecule has 0 aliphatic carbocycles. The van der Waals surface area contributed by atoms with Crippen molar-refractivity contribution in [2.75, 3.05) is 0 Å². The minimum atomic E-state index is 0.208. The highest BCUT2D eigenvalue weighted by Crippen LogP contribution is 2.29. The van der Waals surface area contributed by atoms with E-state index in [4.69, 9.17) is 9.15 Å². The molecule has 3 heteroatoms. The van der Waals surface area contributed by atoms with Gasteiger partial charge in [0.15, 0.2) is 0 Å². The lowest BCUT2D eigenvalue weighted by Crippen LogP contribution is -2.16. The Kier molecular flexibility index (Phi) is 4.99. The number of fused-ring (bicyclic) bond motifs is 1. The van der Waals surface area contributed by atoms with Gasteiger partial charge in [0.05, 0.1) is 18.9 Å². The van der Waals surface area contributed by atoms with Crippen molar-refractivity contribution in [3.8, 4) is 5.75 Å². The largest absolute Gasteiger partial charge is 0.490 e. The van der Waals surface area contributed by atoms with Crippen molar-refractivity contribution in [3.05, 3.63) is 66.1 Å². The van der Waals surface area contributed by atoms with E-state index in [9.17, 15) is 0 Å². The normalized spacial score (nSPS) is 12.4. The molecule has 3 nitrogen and oxygen atoms in total. The van der Waals surface area contributed by atoms with Crippen LogP contribution in [-0.2, 0) is 13.1 Å². The summed E-state index contributed by atoms with van der Waals surface area (Å²) in [5, 5.41) is 5.93. The van der Waals surface area contributed by atoms with E-state index in [0.29, 0.717) is 6.54 Å². The fourth-order valence-corrected chi connectivity index (χ4v) is 2.63. The molecule has 3 rings (SSSR count). The van der Waals surface area contributed by atoms with Crippen LogP contribution in [-0.4, -0.2) is 6.10 Å². The molecule has 1 aromatic heterocycles. The van der Waals surface area contributed by atoms with Crippen LogP contribution in [0.3, 0.4) is 0 Å². The molecular formula is C20H23NO2. The second-order valence-corrected chi connectivity index (χ2v) is 5.78. The molecule has 0 spiro atoms. The fourth-order valence-electron chi connectivity index (χ4n) is 2.63. The van der Waals surface area contributed by atoms with Crippen molar-refractivity contribution >= 4 is 10.8 Å². The number of hydrogen-bond acceptors (Lipinski definition) is 3. The first-order valence-corrected chi connectivity index (χ1v) is 8.18. The molecule has 0 saturated heterocycles. The zero-order valence-electron chi connectivity index (χ0n) is 13.7. The third-order valence-electron chi connectivity index (χ3n) is 4.08. The Hall–Kier alpha value is -2.26. The summed E-state index contributed by atoms with van der Waals surface area (Å²) in [4.78, 5) is 0. The van der Waals surface area contributed by atoms with Crippen molar-refractivity contribution in [1.29, 1.82) is 0 Å². The van der Waals surface area contributed by atoms with Gasteiger partial charge in [-0.25, -0.2) is 0 Å². The van der Waals surface area contributed by atoms with Crippen molar-refractivity contribution in [2.24, 2.45) is 0 Å². The van der Waals surface area contributed by atoms with Crippen LogP contribution in [0.2, 0.25) is 0 Å². The standard InChI is InChI=1S/C20H23NO2/c1-3-15(2)23-20-11-10-16-7-4-5-9-18(16)19(20)14-21-13-17-8-6-12-22-17/h4-12,15,21H,3,13-14H2,1-2H3. The van der Waals surface area contributed by atoms with Gasteiger partial charge < -0.3 is 14.5 Å². The highest BCUT2D eigenvalue weighted by atomic mass is 16.5. The van der Waals surface area contributed by atoms with Gasteiger partial charge in [-0.2, -0.15) is 0 Å². The predicted molar refractivity (Wildman–Crippen MR) is 93.6 cm³/mol. The van der Waals surface area contributed by atoms with Gasteiger partial charge >= 0.3 is 0 Å². The van der Waals surface area contributed by atoms with Gasteiger partial charge in [0.2, 0.25) is 0 Å². The molecule has 0 aliphatic heterocycles. The first kappa shape index (κ1) is 15.6. The minimum absolute atomic E-state index is 0.208. The lowest BCUT2D eigenvalue weighted by Gasteiger charge is -2.18. The van der Waals surface area contributed by atoms with Gasteiger partial charge in [0.25, 0.3) is 0 Å². The highest BCUT2D eigenvalue weighted by molar-refractivity contribution is 5.87. The van der Waals surface area contributed by atoms with Crippen molar-refractivity contribution in [3.63, 3.8) is 0 Å². The first-order chi connectivity index (χ1) is 11.3. The Balaban J connectivity index is 1.85. The van der Waals surface area contributed by atoms with E-state index in [-0.39, 0.29) is 6.10 Å². The molecule has 1 heterocycles. The topological polar surface area (TPSA) is 34.4 Å². The van der Waals surface area contributed by atoms with Crippen LogP contribution in [0, 0.1) is 0 Å². The Morgan fingerprint density at radius 2 is 1.91 bits per heavy atom. The smallest absolute Gasteiger partial charge is 0.124 e. The number of furan rings is 1. The van der Waals surface area contributed by atoms with Crippen LogP contribution < -0.4 is 10.1 Å². The van der Waals surface area contributed by atoms with E-state index in [2.05, 4.69) is 55.6 Å². The third-order valence-corrected chi connectivity index (χ3v) is 4.08. The molecular weight excluding hydrogens is 286 g/mol. The Morgan fingerprint density at radius 3 is 2.70 bits per heavy atom. The third kappa shape index (κ3) is 3.74. The number of rotatable bonds is 7. The zero-order chi connectivity index (χ0) is 16.1. The minimum Gasteiger partial charge on any atom is -0.490 e. The summed E-state index contributed by atoms with van der Waals surface area (Å²) < 4.78 is 11.5. The molecule has 0 radical (unpaired) electrons. The van der Waals surface area contributed by atoms with Gasteiger partial charge in [0.1, 0.15) is 11.5 Å². The van der Waals surface area contributed by atoms with E-state index in [1.807, 2.05) is 12.1 Å². The molecule has 0 bridgehead atoms. The zero-order valence-corrected chi connectivity index (χ0v) is 13.7. The summed E-state index contributed by atoms with van der Waals surface area (Å²) in [6.07, 6.45) is 2.90. The second-order valence-electron chi connectivity index (χ2n) is 5.78. The molecule has 0 amide bonds. The van der Waals surface area contributed by atoms with Gasteiger partial charge in [-0.3, -0.25) is 0 Å². The monoisotopic (exact) mass is 309 g/mol. The Morgan fingerprint density at radius 1 is 1.04 bits per heavy atom. The van der Waals surface area contributed by atoms with Crippen LogP contribution >= 0.6 is 0 Å². The second kappa shape index (κ2) is 7.34. The van der Waals surface area contributed by atoms with Gasteiger partial charge in [-0.05, 0) is 42.3 Å². The molecule has 1 unspecified atom stereocenters. The maximum Gasteiger partial charge on any atom is 0.124 e. The van der Waals surface area contributed by atoms with Gasteiger partial charge in [0, 0.05) is 12.1 Å². The lowest BCUT2D eigenvalue weighted by atomic mass is 10.0. The van der Waals surface area contributed by atoms with E-state index < -0.39 is 0 Å². The molecule has 0 aliphatic rings. The van der Waals surface area contributed by atoms with E-state index in [0.717, 1.165) is 24.5 Å². The van der Waals surface area contributed by atoms with Crippen LogP contribution in [0.25, 0.3) is 10.8 Å². The van der Waals surface area contributed by atoms with Crippen molar-refractivity contribution in [1.82, 2.24) is 5.32 Å². The number of hydrogen-bond donors (Lipinski definition) is 1. The van der Waals surface area contributed by atoms with E-state index >= 15 is 0 Å². The SMILES string of the molecule is CCC(C)Oc1ccc2ccccc2c1CNCc1ccco1. The lowest BCUT2D eigenvalue weighted by molar-refractivity contribution is 0.215. The van der Waals surface area contributed by atoms with Gasteiger partial charge in [-0.15, -0.1) is 0 Å². The Bertz CT molecular complexity index is 749. The van der Waals surface area contributed by atoms with Crippen LogP contribution in [0.5, 0.6) is 5.75 Å². The summed E-state index contributed by atoms with van der Waals surface area (Å²) in [6.45, 7) is 5.70. The summed E-state index contributed by atoms with van der Waals surface area (Å²) in [7, 11) is 0. The predicted octanol–water partition coefficient (Wildman–Crippen LogP) is 4.90. The fraction of sp³-hybridized carbons (Fsp3) is 0.300. The molecule has 0 fully saturated rings. The summed E-state index contributed by atoms with van der Waals surface area (Å²) in [5.41, 5.74) is 1.20. The molecule has 0 saturated carbocycles. The molecule has 120 valence electrons. The quantitative estimate of drug-likeness (QED) is 0.674. The van der Waals surface area contributed by atoms with E-state index in [1.54, 1.807) is 6.26 Å². The molecule has 1 N–H and O–H groups in total. The number of nitrogens with one attached hydrogen (secondary N) is 1. The number of ether oxygens (including phenoxy) is 1. The van der Waals surface area contributed by atoms with Crippen LogP contribution in [0.15, 0.2) is 59.2 Å². The van der Waals surface area contributed by atoms with Crippen LogP contribution in [0.4, 0.5) is 0 Å². The van der Waals surface area contributed by atoms with E-state index in [1.165, 1.54) is 16.3 Å². The average Bonchev–Trinajstić information content (AvgIpc) is 3.09. The average molecular weight is 309 g/mol. The molecule has 3 aromatic rings.